The standard InChI is InChI=1S/C13H15ClN4O2S/c1-2-7-15-12-6-4-11(9-17-12)21(19,20)18-13-5-3-10(14)8-16-13/h3-6,8-9H,2,7H2,1H3,(H,15,17)(H,16,18). The molecule has 8 heteroatoms. The van der Waals surface area contributed by atoms with Gasteiger partial charge in [0.25, 0.3) is 10.0 Å². The number of sulfonamides is 1. The number of anilines is 2. The highest BCUT2D eigenvalue weighted by Crippen LogP contribution is 2.16. The van der Waals surface area contributed by atoms with Crippen LogP contribution in [0.4, 0.5) is 11.6 Å². The van der Waals surface area contributed by atoms with Crippen LogP contribution in [-0.4, -0.2) is 24.9 Å². The maximum Gasteiger partial charge on any atom is 0.264 e. The van der Waals surface area contributed by atoms with E-state index in [0.29, 0.717) is 10.8 Å². The molecule has 2 rings (SSSR count). The van der Waals surface area contributed by atoms with Crippen LogP contribution < -0.4 is 10.0 Å². The van der Waals surface area contributed by atoms with Crippen molar-refractivity contribution in [3.05, 3.63) is 41.7 Å². The normalized spacial score (nSPS) is 11.1. The van der Waals surface area contributed by atoms with E-state index in [-0.39, 0.29) is 10.7 Å². The second-order valence-electron chi connectivity index (χ2n) is 4.27. The van der Waals surface area contributed by atoms with Crippen LogP contribution in [0, 0.1) is 0 Å². The Kier molecular flexibility index (Phi) is 4.98. The molecule has 2 N–H and O–H groups in total. The van der Waals surface area contributed by atoms with Gasteiger partial charge in [0.1, 0.15) is 16.5 Å². The van der Waals surface area contributed by atoms with E-state index in [1.807, 2.05) is 6.92 Å². The fraction of sp³-hybridized carbons (Fsp3) is 0.231. The molecule has 0 saturated heterocycles. The third-order valence-electron chi connectivity index (χ3n) is 2.57. The van der Waals surface area contributed by atoms with Gasteiger partial charge in [-0.1, -0.05) is 18.5 Å². The topological polar surface area (TPSA) is 84.0 Å². The van der Waals surface area contributed by atoms with Crippen LogP contribution in [0.2, 0.25) is 5.02 Å². The van der Waals surface area contributed by atoms with Crippen molar-refractivity contribution in [1.82, 2.24) is 9.97 Å². The average Bonchev–Trinajstić information content (AvgIpc) is 2.48. The Hall–Kier alpha value is -1.86. The molecule has 21 heavy (non-hydrogen) atoms. The summed E-state index contributed by atoms with van der Waals surface area (Å²) in [4.78, 5) is 8.03. The predicted molar refractivity (Wildman–Crippen MR) is 83.1 cm³/mol. The smallest absolute Gasteiger partial charge is 0.264 e. The SMILES string of the molecule is CCCNc1ccc(S(=O)(=O)Nc2ccc(Cl)cn2)cn1. The number of pyridine rings is 2. The molecular formula is C13H15ClN4O2S. The zero-order chi connectivity index (χ0) is 15.3. The highest BCUT2D eigenvalue weighted by atomic mass is 35.5. The van der Waals surface area contributed by atoms with Gasteiger partial charge in [0.2, 0.25) is 0 Å². The molecule has 2 aromatic heterocycles. The van der Waals surface area contributed by atoms with E-state index in [0.717, 1.165) is 13.0 Å². The van der Waals surface area contributed by atoms with E-state index in [1.54, 1.807) is 12.1 Å². The van der Waals surface area contributed by atoms with Crippen molar-refractivity contribution in [1.29, 1.82) is 0 Å². The zero-order valence-corrected chi connectivity index (χ0v) is 12.9. The number of aromatic nitrogens is 2. The first-order valence-electron chi connectivity index (χ1n) is 6.35. The number of hydrogen-bond acceptors (Lipinski definition) is 5. The van der Waals surface area contributed by atoms with Gasteiger partial charge in [0.15, 0.2) is 0 Å². The molecule has 0 aliphatic heterocycles. The highest BCUT2D eigenvalue weighted by molar-refractivity contribution is 7.92. The minimum atomic E-state index is -3.71. The first-order chi connectivity index (χ1) is 10.0. The second-order valence-corrected chi connectivity index (χ2v) is 6.39. The van der Waals surface area contributed by atoms with Crippen LogP contribution in [0.1, 0.15) is 13.3 Å². The highest BCUT2D eigenvalue weighted by Gasteiger charge is 2.15. The van der Waals surface area contributed by atoms with Gasteiger partial charge >= 0.3 is 0 Å². The van der Waals surface area contributed by atoms with Gasteiger partial charge in [-0.15, -0.1) is 0 Å². The fourth-order valence-electron chi connectivity index (χ4n) is 1.53. The first-order valence-corrected chi connectivity index (χ1v) is 8.21. The lowest BCUT2D eigenvalue weighted by Crippen LogP contribution is -2.14. The van der Waals surface area contributed by atoms with Crippen LogP contribution in [0.5, 0.6) is 0 Å². The molecule has 0 radical (unpaired) electrons. The largest absolute Gasteiger partial charge is 0.370 e. The van der Waals surface area contributed by atoms with E-state index in [4.69, 9.17) is 11.6 Å². The molecule has 0 spiro atoms. The van der Waals surface area contributed by atoms with Crippen LogP contribution in [0.3, 0.4) is 0 Å². The van der Waals surface area contributed by atoms with Crippen molar-refractivity contribution >= 4 is 33.3 Å². The van der Waals surface area contributed by atoms with E-state index in [9.17, 15) is 8.42 Å². The second kappa shape index (κ2) is 6.73. The van der Waals surface area contributed by atoms with Gasteiger partial charge in [-0.2, -0.15) is 0 Å². The van der Waals surface area contributed by atoms with Gasteiger partial charge in [-0.3, -0.25) is 4.72 Å². The summed E-state index contributed by atoms with van der Waals surface area (Å²) in [6, 6.07) is 6.16. The Morgan fingerprint density at radius 2 is 1.81 bits per heavy atom. The van der Waals surface area contributed by atoms with Crippen LogP contribution in [-0.2, 0) is 10.0 Å². The van der Waals surface area contributed by atoms with E-state index in [1.165, 1.54) is 24.5 Å². The van der Waals surface area contributed by atoms with Crippen LogP contribution in [0.25, 0.3) is 0 Å². The minimum absolute atomic E-state index is 0.0706. The van der Waals surface area contributed by atoms with Crippen LogP contribution in [0.15, 0.2) is 41.6 Å². The average molecular weight is 327 g/mol. The molecular weight excluding hydrogens is 312 g/mol. The number of hydrogen-bond donors (Lipinski definition) is 2. The number of nitrogens with zero attached hydrogens (tertiary/aromatic N) is 2. The number of halogens is 1. The Bertz CT molecular complexity index is 687. The molecule has 2 heterocycles. The van der Waals surface area contributed by atoms with Crippen molar-refractivity contribution in [2.24, 2.45) is 0 Å². The molecule has 0 fully saturated rings. The summed E-state index contributed by atoms with van der Waals surface area (Å²) in [6.07, 6.45) is 3.64. The monoisotopic (exact) mass is 326 g/mol. The molecule has 6 nitrogen and oxygen atoms in total. The summed E-state index contributed by atoms with van der Waals surface area (Å²) in [5, 5.41) is 3.51. The first kappa shape index (κ1) is 15.5. The van der Waals surface area contributed by atoms with Gasteiger partial charge in [-0.25, -0.2) is 18.4 Å². The third kappa shape index (κ3) is 4.30. The maximum absolute atomic E-state index is 12.2. The van der Waals surface area contributed by atoms with E-state index < -0.39 is 10.0 Å². The number of rotatable bonds is 6. The van der Waals surface area contributed by atoms with Crippen LogP contribution >= 0.6 is 11.6 Å². The Labute approximate surface area is 128 Å². The third-order valence-corrected chi connectivity index (χ3v) is 4.13. The summed E-state index contributed by atoms with van der Waals surface area (Å²) < 4.78 is 26.7. The Balaban J connectivity index is 2.13. The van der Waals surface area contributed by atoms with Crippen molar-refractivity contribution in [3.63, 3.8) is 0 Å². The van der Waals surface area contributed by atoms with Gasteiger partial charge in [0, 0.05) is 18.9 Å². The molecule has 2 aromatic rings. The lowest BCUT2D eigenvalue weighted by molar-refractivity contribution is 0.600. The molecule has 0 aliphatic rings. The van der Waals surface area contributed by atoms with Crippen molar-refractivity contribution < 1.29 is 8.42 Å². The summed E-state index contributed by atoms with van der Waals surface area (Å²) in [5.74, 6) is 0.841. The zero-order valence-electron chi connectivity index (χ0n) is 11.4. The predicted octanol–water partition coefficient (Wildman–Crippen LogP) is 2.75. The Morgan fingerprint density at radius 3 is 2.38 bits per heavy atom. The molecule has 0 unspecified atom stereocenters. The molecule has 0 bridgehead atoms. The minimum Gasteiger partial charge on any atom is -0.370 e. The molecule has 0 aromatic carbocycles. The van der Waals surface area contributed by atoms with Gasteiger partial charge in [0.05, 0.1) is 5.02 Å². The Morgan fingerprint density at radius 1 is 1.10 bits per heavy atom. The van der Waals surface area contributed by atoms with Crippen molar-refractivity contribution in [3.8, 4) is 0 Å². The molecule has 0 amide bonds. The summed E-state index contributed by atoms with van der Waals surface area (Å²) >= 11 is 5.70. The van der Waals surface area contributed by atoms with E-state index >= 15 is 0 Å². The fourth-order valence-corrected chi connectivity index (χ4v) is 2.59. The quantitative estimate of drug-likeness (QED) is 0.852. The lowest BCUT2D eigenvalue weighted by atomic mass is 10.4. The van der Waals surface area contributed by atoms with Gasteiger partial charge < -0.3 is 5.32 Å². The molecule has 112 valence electrons. The van der Waals surface area contributed by atoms with E-state index in [2.05, 4.69) is 20.0 Å². The summed E-state index contributed by atoms with van der Waals surface area (Å²) in [6.45, 7) is 2.82. The van der Waals surface area contributed by atoms with Crippen molar-refractivity contribution in [2.45, 2.75) is 18.2 Å². The lowest BCUT2D eigenvalue weighted by Gasteiger charge is -2.08. The number of nitrogens with one attached hydrogen (secondary N) is 2. The summed E-state index contributed by atoms with van der Waals surface area (Å²) in [5.41, 5.74) is 0. The van der Waals surface area contributed by atoms with Gasteiger partial charge in [-0.05, 0) is 30.7 Å². The van der Waals surface area contributed by atoms with Crippen molar-refractivity contribution in [2.75, 3.05) is 16.6 Å². The molecule has 0 atom stereocenters. The molecule has 0 saturated carbocycles. The summed E-state index contributed by atoms with van der Waals surface area (Å²) in [7, 11) is -3.71. The maximum atomic E-state index is 12.2. The molecule has 0 aliphatic carbocycles.